The van der Waals surface area contributed by atoms with Crippen molar-refractivity contribution in [3.8, 4) is 0 Å². The standard InChI is InChI=1S/C20H16FN3O3/c1-27-20(26)13-3-2-4-17(9-13)24-19(25)14-10-18(12-22-11-14)23-16-7-5-15(21)6-8-16/h2-12,23H,1H3,(H,24,25). The van der Waals surface area contributed by atoms with Crippen molar-refractivity contribution in [3.63, 3.8) is 0 Å². The summed E-state index contributed by atoms with van der Waals surface area (Å²) in [5.74, 6) is -1.20. The van der Waals surface area contributed by atoms with E-state index < -0.39 is 5.97 Å². The van der Waals surface area contributed by atoms with Crippen LogP contribution in [0.25, 0.3) is 0 Å². The number of amides is 1. The van der Waals surface area contributed by atoms with E-state index in [0.717, 1.165) is 0 Å². The van der Waals surface area contributed by atoms with Gasteiger partial charge in [-0.2, -0.15) is 0 Å². The van der Waals surface area contributed by atoms with Crippen LogP contribution in [-0.2, 0) is 4.74 Å². The quantitative estimate of drug-likeness (QED) is 0.668. The number of aromatic nitrogens is 1. The summed E-state index contributed by atoms with van der Waals surface area (Å²) in [6, 6.07) is 13.9. The van der Waals surface area contributed by atoms with Gasteiger partial charge in [-0.3, -0.25) is 9.78 Å². The summed E-state index contributed by atoms with van der Waals surface area (Å²) in [6.45, 7) is 0. The lowest BCUT2D eigenvalue weighted by molar-refractivity contribution is 0.0600. The Hall–Kier alpha value is -3.74. The van der Waals surface area contributed by atoms with Crippen molar-refractivity contribution in [2.24, 2.45) is 0 Å². The molecular formula is C20H16FN3O3. The summed E-state index contributed by atoms with van der Waals surface area (Å²) in [5, 5.41) is 5.76. The number of nitrogens with zero attached hydrogens (tertiary/aromatic N) is 1. The number of methoxy groups -OCH3 is 1. The SMILES string of the molecule is COC(=O)c1cccc(NC(=O)c2cncc(Nc3ccc(F)cc3)c2)c1. The first-order valence-corrected chi connectivity index (χ1v) is 8.02. The molecule has 0 aliphatic rings. The molecule has 0 aliphatic heterocycles. The molecule has 0 spiro atoms. The fourth-order valence-electron chi connectivity index (χ4n) is 2.38. The van der Waals surface area contributed by atoms with Crippen LogP contribution in [0.15, 0.2) is 67.0 Å². The Balaban J connectivity index is 1.73. The van der Waals surface area contributed by atoms with Gasteiger partial charge in [0.2, 0.25) is 0 Å². The molecule has 0 atom stereocenters. The zero-order valence-corrected chi connectivity index (χ0v) is 14.4. The van der Waals surface area contributed by atoms with Crippen LogP contribution in [0.1, 0.15) is 20.7 Å². The van der Waals surface area contributed by atoms with Crippen molar-refractivity contribution in [3.05, 3.63) is 83.9 Å². The largest absolute Gasteiger partial charge is 0.465 e. The van der Waals surface area contributed by atoms with Crippen molar-refractivity contribution in [1.82, 2.24) is 4.98 Å². The smallest absolute Gasteiger partial charge is 0.337 e. The molecule has 0 bridgehead atoms. The van der Waals surface area contributed by atoms with Gasteiger partial charge in [0.05, 0.1) is 30.1 Å². The molecular weight excluding hydrogens is 349 g/mol. The third kappa shape index (κ3) is 4.66. The monoisotopic (exact) mass is 365 g/mol. The highest BCUT2D eigenvalue weighted by atomic mass is 19.1. The molecule has 0 aliphatic carbocycles. The van der Waals surface area contributed by atoms with Crippen LogP contribution in [0.2, 0.25) is 0 Å². The summed E-state index contributed by atoms with van der Waals surface area (Å²) < 4.78 is 17.6. The molecule has 136 valence electrons. The number of rotatable bonds is 5. The summed E-state index contributed by atoms with van der Waals surface area (Å²) in [4.78, 5) is 28.1. The Kier molecular flexibility index (Phi) is 5.41. The second-order valence-corrected chi connectivity index (χ2v) is 5.62. The lowest BCUT2D eigenvalue weighted by Crippen LogP contribution is -2.13. The van der Waals surface area contributed by atoms with Crippen LogP contribution >= 0.6 is 0 Å². The van der Waals surface area contributed by atoms with Gasteiger partial charge in [0.15, 0.2) is 0 Å². The number of anilines is 3. The Bertz CT molecular complexity index is 974. The molecule has 1 aromatic heterocycles. The fraction of sp³-hybridized carbons (Fsp3) is 0.0500. The molecule has 1 amide bonds. The van der Waals surface area contributed by atoms with Crippen LogP contribution in [0.4, 0.5) is 21.5 Å². The van der Waals surface area contributed by atoms with Crippen LogP contribution in [0.5, 0.6) is 0 Å². The van der Waals surface area contributed by atoms with Crippen molar-refractivity contribution >= 4 is 28.9 Å². The number of carbonyl (C=O) groups excluding carboxylic acids is 2. The van der Waals surface area contributed by atoms with Crippen molar-refractivity contribution < 1.29 is 18.7 Å². The van der Waals surface area contributed by atoms with Crippen molar-refractivity contribution in [2.75, 3.05) is 17.7 Å². The lowest BCUT2D eigenvalue weighted by Gasteiger charge is -2.09. The van der Waals surface area contributed by atoms with Gasteiger partial charge in [-0.25, -0.2) is 9.18 Å². The topological polar surface area (TPSA) is 80.3 Å². The summed E-state index contributed by atoms with van der Waals surface area (Å²) in [6.07, 6.45) is 2.98. The maximum absolute atomic E-state index is 13.0. The zero-order chi connectivity index (χ0) is 19.2. The third-order valence-corrected chi connectivity index (χ3v) is 3.67. The van der Waals surface area contributed by atoms with E-state index in [9.17, 15) is 14.0 Å². The molecule has 0 saturated carbocycles. The van der Waals surface area contributed by atoms with Gasteiger partial charge in [0, 0.05) is 17.6 Å². The van der Waals surface area contributed by atoms with Gasteiger partial charge < -0.3 is 15.4 Å². The van der Waals surface area contributed by atoms with Crippen LogP contribution in [-0.4, -0.2) is 24.0 Å². The Labute approximate surface area is 155 Å². The third-order valence-electron chi connectivity index (χ3n) is 3.67. The molecule has 0 fully saturated rings. The number of carbonyl (C=O) groups is 2. The molecule has 0 unspecified atom stereocenters. The molecule has 2 aromatic carbocycles. The number of nitrogens with one attached hydrogen (secondary N) is 2. The van der Waals surface area contributed by atoms with E-state index in [1.807, 2.05) is 0 Å². The first kappa shape index (κ1) is 18.1. The second-order valence-electron chi connectivity index (χ2n) is 5.62. The van der Waals surface area contributed by atoms with Gasteiger partial charge in [-0.15, -0.1) is 0 Å². The summed E-state index contributed by atoms with van der Waals surface area (Å²) in [5.41, 5.74) is 2.37. The maximum atomic E-state index is 13.0. The maximum Gasteiger partial charge on any atom is 0.337 e. The second kappa shape index (κ2) is 8.09. The van der Waals surface area contributed by atoms with Crippen LogP contribution < -0.4 is 10.6 Å². The van der Waals surface area contributed by atoms with Crippen LogP contribution in [0, 0.1) is 5.82 Å². The molecule has 7 heteroatoms. The molecule has 6 nitrogen and oxygen atoms in total. The van der Waals surface area contributed by atoms with Gasteiger partial charge in [-0.1, -0.05) is 6.07 Å². The first-order valence-electron chi connectivity index (χ1n) is 8.02. The predicted molar refractivity (Wildman–Crippen MR) is 99.7 cm³/mol. The molecule has 0 saturated heterocycles. The highest BCUT2D eigenvalue weighted by Crippen LogP contribution is 2.18. The Morgan fingerprint density at radius 1 is 0.926 bits per heavy atom. The van der Waals surface area contributed by atoms with E-state index in [1.165, 1.54) is 31.5 Å². The first-order chi connectivity index (χ1) is 13.0. The van der Waals surface area contributed by atoms with Gasteiger partial charge in [0.25, 0.3) is 5.91 Å². The minimum absolute atomic E-state index is 0.325. The molecule has 2 N–H and O–H groups in total. The average Bonchev–Trinajstić information content (AvgIpc) is 2.69. The fourth-order valence-corrected chi connectivity index (χ4v) is 2.38. The Morgan fingerprint density at radius 3 is 2.41 bits per heavy atom. The van der Waals surface area contributed by atoms with E-state index in [2.05, 4.69) is 20.4 Å². The minimum Gasteiger partial charge on any atom is -0.465 e. The average molecular weight is 365 g/mol. The summed E-state index contributed by atoms with van der Waals surface area (Å²) >= 11 is 0. The molecule has 0 radical (unpaired) electrons. The molecule has 27 heavy (non-hydrogen) atoms. The Morgan fingerprint density at radius 2 is 1.67 bits per heavy atom. The van der Waals surface area contributed by atoms with Gasteiger partial charge in [-0.05, 0) is 48.5 Å². The van der Waals surface area contributed by atoms with Gasteiger partial charge >= 0.3 is 5.97 Å². The zero-order valence-electron chi connectivity index (χ0n) is 14.4. The number of benzene rings is 2. The minimum atomic E-state index is -0.488. The number of halogens is 1. The number of hydrogen-bond acceptors (Lipinski definition) is 5. The predicted octanol–water partition coefficient (Wildman–Crippen LogP) is 4.00. The van der Waals surface area contributed by atoms with E-state index in [1.54, 1.807) is 42.6 Å². The molecule has 3 aromatic rings. The van der Waals surface area contributed by atoms with Crippen molar-refractivity contribution in [2.45, 2.75) is 0 Å². The van der Waals surface area contributed by atoms with Crippen molar-refractivity contribution in [1.29, 1.82) is 0 Å². The van der Waals surface area contributed by atoms with Gasteiger partial charge in [0.1, 0.15) is 5.82 Å². The highest BCUT2D eigenvalue weighted by molar-refractivity contribution is 6.05. The number of ether oxygens (including phenoxy) is 1. The normalized spacial score (nSPS) is 10.1. The number of pyridine rings is 1. The molecule has 3 rings (SSSR count). The summed E-state index contributed by atoms with van der Waals surface area (Å²) in [7, 11) is 1.29. The van der Waals surface area contributed by atoms with E-state index in [0.29, 0.717) is 28.2 Å². The highest BCUT2D eigenvalue weighted by Gasteiger charge is 2.10. The van der Waals surface area contributed by atoms with E-state index in [-0.39, 0.29) is 11.7 Å². The van der Waals surface area contributed by atoms with E-state index >= 15 is 0 Å². The number of hydrogen-bond donors (Lipinski definition) is 2. The van der Waals surface area contributed by atoms with Crippen LogP contribution in [0.3, 0.4) is 0 Å². The lowest BCUT2D eigenvalue weighted by atomic mass is 10.2. The molecule has 1 heterocycles. The van der Waals surface area contributed by atoms with E-state index in [4.69, 9.17) is 0 Å². The number of esters is 1.